The van der Waals surface area contributed by atoms with Gasteiger partial charge in [-0.15, -0.1) is 0 Å². The van der Waals surface area contributed by atoms with Crippen LogP contribution in [0.25, 0.3) is 0 Å². The second kappa shape index (κ2) is 6.63. The molecule has 0 radical (unpaired) electrons. The van der Waals surface area contributed by atoms with Gasteiger partial charge in [-0.1, -0.05) is 48.5 Å². The van der Waals surface area contributed by atoms with E-state index in [2.05, 4.69) is 5.32 Å². The van der Waals surface area contributed by atoms with Gasteiger partial charge in [-0.3, -0.25) is 0 Å². The van der Waals surface area contributed by atoms with Gasteiger partial charge in [0.2, 0.25) is 0 Å². The van der Waals surface area contributed by atoms with Crippen LogP contribution in [-0.4, -0.2) is 6.54 Å². The highest BCUT2D eigenvalue weighted by molar-refractivity contribution is 6.42. The molecule has 0 bridgehead atoms. The number of halogens is 2. The fourth-order valence-electron chi connectivity index (χ4n) is 2.46. The molecule has 0 spiro atoms. The van der Waals surface area contributed by atoms with Gasteiger partial charge in [0, 0.05) is 6.54 Å². The van der Waals surface area contributed by atoms with Crippen molar-refractivity contribution in [1.82, 2.24) is 5.32 Å². The third-order valence-electron chi connectivity index (χ3n) is 3.47. The van der Waals surface area contributed by atoms with Gasteiger partial charge in [-0.2, -0.15) is 0 Å². The van der Waals surface area contributed by atoms with Crippen LogP contribution in [0.3, 0.4) is 0 Å². The number of hydrogen-bond donors (Lipinski definition) is 1. The minimum Gasteiger partial charge on any atom is -0.312 e. The van der Waals surface area contributed by atoms with Crippen LogP contribution < -0.4 is 5.32 Å². The first-order valence-corrected chi connectivity index (χ1v) is 7.16. The largest absolute Gasteiger partial charge is 0.312 e. The zero-order valence-electron chi connectivity index (χ0n) is 10.0. The first-order valence-electron chi connectivity index (χ1n) is 6.40. The Balaban J connectivity index is 1.75. The molecule has 1 aliphatic rings. The molecule has 0 aliphatic heterocycles. The summed E-state index contributed by atoms with van der Waals surface area (Å²) in [6.45, 7) is 2.01. The molecule has 0 amide bonds. The van der Waals surface area contributed by atoms with Gasteiger partial charge in [0.1, 0.15) is 0 Å². The summed E-state index contributed by atoms with van der Waals surface area (Å²) in [5.41, 5.74) is 1.20. The summed E-state index contributed by atoms with van der Waals surface area (Å²) in [4.78, 5) is 0. The topological polar surface area (TPSA) is 12.0 Å². The van der Waals surface area contributed by atoms with E-state index >= 15 is 0 Å². The van der Waals surface area contributed by atoms with E-state index in [0.717, 1.165) is 19.0 Å². The van der Waals surface area contributed by atoms with E-state index < -0.39 is 0 Å². The fraction of sp³-hybridized carbons (Fsp3) is 0.571. The van der Waals surface area contributed by atoms with E-state index in [9.17, 15) is 0 Å². The lowest BCUT2D eigenvalue weighted by Crippen LogP contribution is -2.24. The lowest BCUT2D eigenvalue weighted by molar-refractivity contribution is 0.342. The van der Waals surface area contributed by atoms with Gasteiger partial charge in [0.15, 0.2) is 0 Å². The summed E-state index contributed by atoms with van der Waals surface area (Å²) in [6, 6.07) is 5.83. The van der Waals surface area contributed by atoms with Crippen LogP contribution in [0.4, 0.5) is 0 Å². The van der Waals surface area contributed by atoms with Gasteiger partial charge in [-0.25, -0.2) is 0 Å². The van der Waals surface area contributed by atoms with Crippen LogP contribution in [0.5, 0.6) is 0 Å². The monoisotopic (exact) mass is 271 g/mol. The zero-order valence-corrected chi connectivity index (χ0v) is 11.5. The van der Waals surface area contributed by atoms with Gasteiger partial charge >= 0.3 is 0 Å². The van der Waals surface area contributed by atoms with Crippen molar-refractivity contribution >= 4 is 23.2 Å². The lowest BCUT2D eigenvalue weighted by Gasteiger charge is -2.21. The molecule has 0 atom stereocenters. The molecular weight excluding hydrogens is 253 g/mol. The molecule has 1 aromatic rings. The average Bonchev–Trinajstić information content (AvgIpc) is 2.35. The van der Waals surface area contributed by atoms with Crippen molar-refractivity contribution < 1.29 is 0 Å². The molecule has 0 unspecified atom stereocenters. The van der Waals surface area contributed by atoms with Crippen molar-refractivity contribution in [3.05, 3.63) is 33.8 Å². The Morgan fingerprint density at radius 2 is 1.82 bits per heavy atom. The lowest BCUT2D eigenvalue weighted by atomic mass is 9.89. The Hall–Kier alpha value is -0.240. The van der Waals surface area contributed by atoms with E-state index in [-0.39, 0.29) is 0 Å². The first kappa shape index (κ1) is 13.2. The summed E-state index contributed by atoms with van der Waals surface area (Å²) in [7, 11) is 0. The Morgan fingerprint density at radius 1 is 1.06 bits per heavy atom. The standard InChI is InChI=1S/C14H19Cl2N/c15-13-7-6-12(8-14(13)16)10-17-9-11-4-2-1-3-5-11/h6-8,11,17H,1-5,9-10H2. The molecule has 0 saturated heterocycles. The number of benzene rings is 1. The molecule has 17 heavy (non-hydrogen) atoms. The Labute approximate surface area is 114 Å². The van der Waals surface area contributed by atoms with Gasteiger partial charge in [0.05, 0.1) is 10.0 Å². The minimum absolute atomic E-state index is 0.627. The maximum atomic E-state index is 5.98. The van der Waals surface area contributed by atoms with Crippen molar-refractivity contribution in [2.75, 3.05) is 6.54 Å². The third kappa shape index (κ3) is 4.17. The first-order chi connectivity index (χ1) is 8.25. The molecule has 0 heterocycles. The summed E-state index contributed by atoms with van der Waals surface area (Å²) in [6.07, 6.45) is 6.99. The van der Waals surface area contributed by atoms with Gasteiger partial charge < -0.3 is 5.32 Å². The summed E-state index contributed by atoms with van der Waals surface area (Å²) in [5.74, 6) is 0.867. The van der Waals surface area contributed by atoms with E-state index in [4.69, 9.17) is 23.2 Å². The predicted octanol–water partition coefficient (Wildman–Crippen LogP) is 4.66. The van der Waals surface area contributed by atoms with Crippen LogP contribution in [0.1, 0.15) is 37.7 Å². The number of rotatable bonds is 4. The minimum atomic E-state index is 0.627. The van der Waals surface area contributed by atoms with Crippen molar-refractivity contribution in [1.29, 1.82) is 0 Å². The fourth-order valence-corrected chi connectivity index (χ4v) is 2.78. The summed E-state index contributed by atoms with van der Waals surface area (Å²) >= 11 is 11.9. The molecule has 1 saturated carbocycles. The van der Waals surface area contributed by atoms with E-state index in [0.29, 0.717) is 10.0 Å². The molecule has 3 heteroatoms. The van der Waals surface area contributed by atoms with E-state index in [1.165, 1.54) is 37.7 Å². The quantitative estimate of drug-likeness (QED) is 0.840. The molecule has 94 valence electrons. The molecule has 2 rings (SSSR count). The number of nitrogens with one attached hydrogen (secondary N) is 1. The number of hydrogen-bond acceptors (Lipinski definition) is 1. The van der Waals surface area contributed by atoms with Crippen LogP contribution in [0.2, 0.25) is 10.0 Å². The summed E-state index contributed by atoms with van der Waals surface area (Å²) < 4.78 is 0. The maximum absolute atomic E-state index is 5.98. The summed E-state index contributed by atoms with van der Waals surface area (Å²) in [5, 5.41) is 4.79. The highest BCUT2D eigenvalue weighted by Gasteiger charge is 2.12. The Morgan fingerprint density at radius 3 is 2.53 bits per heavy atom. The van der Waals surface area contributed by atoms with E-state index in [1.807, 2.05) is 18.2 Å². The van der Waals surface area contributed by atoms with Crippen molar-refractivity contribution in [3.63, 3.8) is 0 Å². The molecule has 1 aliphatic carbocycles. The van der Waals surface area contributed by atoms with Crippen molar-refractivity contribution in [2.24, 2.45) is 5.92 Å². The Bertz CT molecular complexity index is 359. The van der Waals surface area contributed by atoms with Crippen LogP contribution in [0.15, 0.2) is 18.2 Å². The Kier molecular flexibility index (Phi) is 5.15. The smallest absolute Gasteiger partial charge is 0.0595 e. The average molecular weight is 272 g/mol. The molecular formula is C14H19Cl2N. The normalized spacial score (nSPS) is 17.3. The second-order valence-electron chi connectivity index (χ2n) is 4.88. The van der Waals surface area contributed by atoms with Gasteiger partial charge in [-0.05, 0) is 43.0 Å². The highest BCUT2D eigenvalue weighted by atomic mass is 35.5. The SMILES string of the molecule is Clc1ccc(CNCC2CCCCC2)cc1Cl. The molecule has 1 nitrogen and oxygen atoms in total. The molecule has 0 aromatic heterocycles. The van der Waals surface area contributed by atoms with Gasteiger partial charge in [0.25, 0.3) is 0 Å². The van der Waals surface area contributed by atoms with Crippen LogP contribution >= 0.6 is 23.2 Å². The van der Waals surface area contributed by atoms with Crippen LogP contribution in [-0.2, 0) is 6.54 Å². The third-order valence-corrected chi connectivity index (χ3v) is 4.21. The second-order valence-corrected chi connectivity index (χ2v) is 5.70. The molecule has 1 aromatic carbocycles. The molecule has 1 fully saturated rings. The molecule has 1 N–H and O–H groups in total. The zero-order chi connectivity index (χ0) is 12.1. The van der Waals surface area contributed by atoms with E-state index in [1.54, 1.807) is 0 Å². The van der Waals surface area contributed by atoms with Crippen molar-refractivity contribution in [2.45, 2.75) is 38.6 Å². The highest BCUT2D eigenvalue weighted by Crippen LogP contribution is 2.24. The maximum Gasteiger partial charge on any atom is 0.0595 e. The predicted molar refractivity (Wildman–Crippen MR) is 74.7 cm³/mol. The van der Waals surface area contributed by atoms with Crippen LogP contribution in [0, 0.1) is 5.92 Å². The van der Waals surface area contributed by atoms with Crippen molar-refractivity contribution in [3.8, 4) is 0 Å².